The van der Waals surface area contributed by atoms with Crippen molar-refractivity contribution in [3.63, 3.8) is 0 Å². The van der Waals surface area contributed by atoms with E-state index in [0.717, 1.165) is 28.9 Å². The third-order valence-corrected chi connectivity index (χ3v) is 5.30. The van der Waals surface area contributed by atoms with E-state index in [-0.39, 0.29) is 12.0 Å². The Morgan fingerprint density at radius 3 is 2.81 bits per heavy atom. The Labute approximate surface area is 160 Å². The lowest BCUT2D eigenvalue weighted by Crippen LogP contribution is -2.41. The van der Waals surface area contributed by atoms with Crippen molar-refractivity contribution in [1.82, 2.24) is 14.9 Å². The van der Waals surface area contributed by atoms with Gasteiger partial charge in [0.05, 0.1) is 37.6 Å². The number of anilines is 1. The lowest BCUT2D eigenvalue weighted by atomic mass is 10.1. The number of rotatable bonds is 2. The number of halogens is 1. The van der Waals surface area contributed by atoms with E-state index in [1.165, 1.54) is 0 Å². The fourth-order valence-corrected chi connectivity index (χ4v) is 3.85. The molecular formula is C18H21BrN4O3. The Balaban J connectivity index is 1.63. The zero-order valence-electron chi connectivity index (χ0n) is 14.7. The van der Waals surface area contributed by atoms with E-state index in [1.54, 1.807) is 6.20 Å². The van der Waals surface area contributed by atoms with Crippen molar-refractivity contribution in [3.05, 3.63) is 28.4 Å². The highest BCUT2D eigenvalue weighted by atomic mass is 79.9. The second-order valence-electron chi connectivity index (χ2n) is 6.59. The number of benzene rings is 1. The zero-order chi connectivity index (χ0) is 18.1. The molecule has 3 heterocycles. The van der Waals surface area contributed by atoms with Gasteiger partial charge in [-0.25, -0.2) is 4.98 Å². The van der Waals surface area contributed by atoms with Crippen LogP contribution in [0.25, 0.3) is 11.0 Å². The van der Waals surface area contributed by atoms with Crippen LogP contribution in [0.2, 0.25) is 0 Å². The fourth-order valence-electron chi connectivity index (χ4n) is 3.32. The number of amides is 1. The number of ether oxygens (including phenoxy) is 2. The van der Waals surface area contributed by atoms with Gasteiger partial charge < -0.3 is 19.3 Å². The predicted octanol–water partition coefficient (Wildman–Crippen LogP) is 2.09. The molecule has 0 saturated carbocycles. The van der Waals surface area contributed by atoms with Crippen LogP contribution in [-0.2, 0) is 9.47 Å². The summed E-state index contributed by atoms with van der Waals surface area (Å²) in [6.45, 7) is 6.75. The summed E-state index contributed by atoms with van der Waals surface area (Å²) in [5, 5.41) is 0. The van der Waals surface area contributed by atoms with Gasteiger partial charge in [0.25, 0.3) is 5.91 Å². The summed E-state index contributed by atoms with van der Waals surface area (Å²) < 4.78 is 11.7. The molecule has 2 fully saturated rings. The van der Waals surface area contributed by atoms with E-state index in [1.807, 2.05) is 17.0 Å². The lowest BCUT2D eigenvalue weighted by Gasteiger charge is -2.31. The van der Waals surface area contributed by atoms with Gasteiger partial charge in [0, 0.05) is 36.2 Å². The van der Waals surface area contributed by atoms with Gasteiger partial charge in [0.15, 0.2) is 0 Å². The number of nitrogens with zero attached hydrogens (tertiary/aromatic N) is 4. The molecule has 1 aromatic carbocycles. The molecule has 8 heteroatoms. The molecule has 138 valence electrons. The molecule has 2 saturated heterocycles. The molecule has 4 rings (SSSR count). The van der Waals surface area contributed by atoms with Gasteiger partial charge in [0.1, 0.15) is 11.3 Å². The van der Waals surface area contributed by atoms with E-state index in [2.05, 4.69) is 32.7 Å². The molecule has 1 atom stereocenters. The average molecular weight is 421 g/mol. The largest absolute Gasteiger partial charge is 0.378 e. The molecule has 0 radical (unpaired) electrons. The van der Waals surface area contributed by atoms with Crippen LogP contribution in [0.15, 0.2) is 22.8 Å². The summed E-state index contributed by atoms with van der Waals surface area (Å²) in [4.78, 5) is 26.0. The molecule has 2 aliphatic heterocycles. The maximum Gasteiger partial charge on any atom is 0.254 e. The smallest absolute Gasteiger partial charge is 0.254 e. The van der Waals surface area contributed by atoms with Crippen LogP contribution in [0.4, 0.5) is 5.82 Å². The third-order valence-electron chi connectivity index (χ3n) is 4.70. The van der Waals surface area contributed by atoms with E-state index >= 15 is 0 Å². The number of carbonyl (C=O) groups is 1. The van der Waals surface area contributed by atoms with Crippen molar-refractivity contribution in [3.8, 4) is 0 Å². The minimum absolute atomic E-state index is 0.00350. The minimum atomic E-state index is 0.00350. The normalized spacial score (nSPS) is 21.2. The number of aromatic nitrogens is 2. The average Bonchev–Trinajstić information content (AvgIpc) is 2.68. The number of hydrogen-bond donors (Lipinski definition) is 0. The van der Waals surface area contributed by atoms with Crippen molar-refractivity contribution >= 4 is 38.7 Å². The second-order valence-corrected chi connectivity index (χ2v) is 7.44. The van der Waals surface area contributed by atoms with Gasteiger partial charge in [-0.15, -0.1) is 0 Å². The SMILES string of the molecule is C[C@@H]1CN(c2cnc3cc(C(=O)N4CCOCC4)cc(Br)c3n2)CCO1. The monoisotopic (exact) mass is 420 g/mol. The molecule has 0 bridgehead atoms. The minimum Gasteiger partial charge on any atom is -0.378 e. The van der Waals surface area contributed by atoms with Crippen LogP contribution in [-0.4, -0.2) is 72.9 Å². The Hall–Kier alpha value is -1.77. The first-order valence-electron chi connectivity index (χ1n) is 8.81. The second kappa shape index (κ2) is 7.46. The van der Waals surface area contributed by atoms with E-state index in [4.69, 9.17) is 14.5 Å². The number of fused-ring (bicyclic) bond motifs is 1. The molecule has 0 N–H and O–H groups in total. The Morgan fingerprint density at radius 2 is 2.04 bits per heavy atom. The first-order valence-corrected chi connectivity index (χ1v) is 9.61. The number of carbonyl (C=O) groups excluding carboxylic acids is 1. The molecular weight excluding hydrogens is 400 g/mol. The summed E-state index contributed by atoms with van der Waals surface area (Å²) in [6.07, 6.45) is 1.95. The molecule has 2 aliphatic rings. The molecule has 0 unspecified atom stereocenters. The van der Waals surface area contributed by atoms with E-state index in [0.29, 0.717) is 44.0 Å². The Bertz CT molecular complexity index is 825. The van der Waals surface area contributed by atoms with Gasteiger partial charge in [-0.05, 0) is 35.0 Å². The van der Waals surface area contributed by atoms with Crippen LogP contribution in [0.5, 0.6) is 0 Å². The number of morpholine rings is 2. The molecule has 7 nitrogen and oxygen atoms in total. The summed E-state index contributed by atoms with van der Waals surface area (Å²) in [5.74, 6) is 0.837. The molecule has 0 aliphatic carbocycles. The van der Waals surface area contributed by atoms with Crippen LogP contribution < -0.4 is 4.90 Å². The predicted molar refractivity (Wildman–Crippen MR) is 102 cm³/mol. The first-order chi connectivity index (χ1) is 12.6. The molecule has 2 aromatic rings. The van der Waals surface area contributed by atoms with Crippen LogP contribution in [0.3, 0.4) is 0 Å². The Kier molecular flexibility index (Phi) is 5.06. The van der Waals surface area contributed by atoms with Gasteiger partial charge in [-0.3, -0.25) is 9.78 Å². The molecule has 0 spiro atoms. The van der Waals surface area contributed by atoms with E-state index in [9.17, 15) is 4.79 Å². The first kappa shape index (κ1) is 17.6. The van der Waals surface area contributed by atoms with Gasteiger partial charge in [-0.2, -0.15) is 0 Å². The topological polar surface area (TPSA) is 67.8 Å². The van der Waals surface area contributed by atoms with Crippen LogP contribution in [0, 0.1) is 0 Å². The molecule has 26 heavy (non-hydrogen) atoms. The van der Waals surface area contributed by atoms with Crippen molar-refractivity contribution in [1.29, 1.82) is 0 Å². The summed E-state index contributed by atoms with van der Waals surface area (Å²) in [6, 6.07) is 3.65. The Morgan fingerprint density at radius 1 is 1.23 bits per heavy atom. The zero-order valence-corrected chi connectivity index (χ0v) is 16.2. The molecule has 1 aromatic heterocycles. The highest BCUT2D eigenvalue weighted by Gasteiger charge is 2.22. The van der Waals surface area contributed by atoms with Gasteiger partial charge in [0.2, 0.25) is 0 Å². The number of hydrogen-bond acceptors (Lipinski definition) is 6. The van der Waals surface area contributed by atoms with E-state index < -0.39 is 0 Å². The van der Waals surface area contributed by atoms with Crippen molar-refractivity contribution in [2.45, 2.75) is 13.0 Å². The van der Waals surface area contributed by atoms with Crippen molar-refractivity contribution < 1.29 is 14.3 Å². The highest BCUT2D eigenvalue weighted by molar-refractivity contribution is 9.10. The summed E-state index contributed by atoms with van der Waals surface area (Å²) in [7, 11) is 0. The fraction of sp³-hybridized carbons (Fsp3) is 0.500. The van der Waals surface area contributed by atoms with Crippen molar-refractivity contribution in [2.24, 2.45) is 0 Å². The van der Waals surface area contributed by atoms with Crippen LogP contribution >= 0.6 is 15.9 Å². The standard InChI is InChI=1S/C18H21BrN4O3/c1-12-11-23(4-7-26-12)16-10-20-15-9-13(8-14(19)17(15)21-16)18(24)22-2-5-25-6-3-22/h8-10,12H,2-7,11H2,1H3/t12-/m1/s1. The third kappa shape index (κ3) is 3.54. The van der Waals surface area contributed by atoms with Gasteiger partial charge >= 0.3 is 0 Å². The van der Waals surface area contributed by atoms with Crippen LogP contribution in [0.1, 0.15) is 17.3 Å². The maximum atomic E-state index is 12.7. The van der Waals surface area contributed by atoms with Crippen molar-refractivity contribution in [2.75, 3.05) is 50.9 Å². The summed E-state index contributed by atoms with van der Waals surface area (Å²) >= 11 is 3.57. The van der Waals surface area contributed by atoms with Gasteiger partial charge in [-0.1, -0.05) is 0 Å². The molecule has 1 amide bonds. The maximum absolute atomic E-state index is 12.7. The highest BCUT2D eigenvalue weighted by Crippen LogP contribution is 2.26. The summed E-state index contributed by atoms with van der Waals surface area (Å²) in [5.41, 5.74) is 2.09. The quantitative estimate of drug-likeness (QED) is 0.740. The lowest BCUT2D eigenvalue weighted by molar-refractivity contribution is 0.0303.